The summed E-state index contributed by atoms with van der Waals surface area (Å²) < 4.78 is 10.4. The smallest absolute Gasteiger partial charge is 0.344 e. The summed E-state index contributed by atoms with van der Waals surface area (Å²) in [6.45, 7) is -0.676. The predicted molar refractivity (Wildman–Crippen MR) is 101 cm³/mol. The van der Waals surface area contributed by atoms with E-state index in [1.807, 2.05) is 36.4 Å². The molecule has 0 saturated carbocycles. The molecule has 3 rings (SSSR count). The molecule has 0 atom stereocenters. The number of hydrogen-bond donors (Lipinski definition) is 0. The second-order valence-electron chi connectivity index (χ2n) is 5.51. The van der Waals surface area contributed by atoms with Gasteiger partial charge in [-0.05, 0) is 41.1 Å². The summed E-state index contributed by atoms with van der Waals surface area (Å²) in [6, 6.07) is 17.8. The van der Waals surface area contributed by atoms with Crippen LogP contribution >= 0.6 is 23.2 Å². The van der Waals surface area contributed by atoms with Crippen molar-refractivity contribution < 1.29 is 19.1 Å². The van der Waals surface area contributed by atoms with E-state index in [-0.39, 0.29) is 17.4 Å². The van der Waals surface area contributed by atoms with Crippen molar-refractivity contribution >= 4 is 45.7 Å². The monoisotopic (exact) mass is 388 g/mol. The summed E-state index contributed by atoms with van der Waals surface area (Å²) in [5.41, 5.74) is 0.322. The van der Waals surface area contributed by atoms with E-state index < -0.39 is 12.6 Å². The normalized spacial score (nSPS) is 10.5. The minimum Gasteiger partial charge on any atom is -0.482 e. The molecule has 0 aromatic heterocycles. The second kappa shape index (κ2) is 8.21. The molecule has 6 heteroatoms. The Labute approximate surface area is 160 Å². The van der Waals surface area contributed by atoms with Gasteiger partial charge in [-0.25, -0.2) is 4.79 Å². The van der Waals surface area contributed by atoms with Crippen molar-refractivity contribution in [3.05, 3.63) is 76.3 Å². The van der Waals surface area contributed by atoms with Gasteiger partial charge in [0.1, 0.15) is 5.75 Å². The third-order valence-corrected chi connectivity index (χ3v) is 4.42. The van der Waals surface area contributed by atoms with Crippen molar-refractivity contribution in [2.75, 3.05) is 13.2 Å². The van der Waals surface area contributed by atoms with Crippen LogP contribution in [0.1, 0.15) is 10.4 Å². The van der Waals surface area contributed by atoms with E-state index in [1.165, 1.54) is 18.2 Å². The van der Waals surface area contributed by atoms with Crippen LogP contribution in [0.4, 0.5) is 0 Å². The van der Waals surface area contributed by atoms with E-state index in [0.29, 0.717) is 16.3 Å². The molecular formula is C20H14Cl2O4. The van der Waals surface area contributed by atoms with Gasteiger partial charge in [0.2, 0.25) is 0 Å². The first-order chi connectivity index (χ1) is 12.5. The van der Waals surface area contributed by atoms with Crippen molar-refractivity contribution in [2.24, 2.45) is 0 Å². The highest BCUT2D eigenvalue weighted by molar-refractivity contribution is 6.42. The molecule has 26 heavy (non-hydrogen) atoms. The predicted octanol–water partition coefficient (Wildman–Crippen LogP) is 4.95. The van der Waals surface area contributed by atoms with Crippen molar-refractivity contribution in [1.29, 1.82) is 0 Å². The summed E-state index contributed by atoms with van der Waals surface area (Å²) in [5.74, 6) is -0.453. The SMILES string of the molecule is O=C(COc1ccc2ccccc2c1)OCC(=O)c1ccc(Cl)c(Cl)c1. The maximum atomic E-state index is 12.0. The van der Waals surface area contributed by atoms with Gasteiger partial charge in [0, 0.05) is 5.56 Å². The van der Waals surface area contributed by atoms with Crippen LogP contribution in [0.25, 0.3) is 10.8 Å². The number of carbonyl (C=O) groups is 2. The number of rotatable bonds is 6. The molecule has 3 aromatic carbocycles. The summed E-state index contributed by atoms with van der Waals surface area (Å²) in [6.07, 6.45) is 0. The molecule has 132 valence electrons. The van der Waals surface area contributed by atoms with Crippen LogP contribution in [0.15, 0.2) is 60.7 Å². The lowest BCUT2D eigenvalue weighted by Gasteiger charge is -2.08. The molecule has 0 aliphatic carbocycles. The van der Waals surface area contributed by atoms with Crippen LogP contribution in [-0.4, -0.2) is 25.0 Å². The summed E-state index contributed by atoms with van der Waals surface area (Å²) in [7, 11) is 0. The number of hydrogen-bond acceptors (Lipinski definition) is 4. The third kappa shape index (κ3) is 4.54. The van der Waals surface area contributed by atoms with Crippen molar-refractivity contribution in [3.63, 3.8) is 0 Å². The first-order valence-electron chi connectivity index (χ1n) is 7.78. The molecule has 0 N–H and O–H groups in total. The Bertz CT molecular complexity index is 969. The van der Waals surface area contributed by atoms with Gasteiger partial charge in [0.05, 0.1) is 10.0 Å². The molecular weight excluding hydrogens is 375 g/mol. The van der Waals surface area contributed by atoms with Gasteiger partial charge >= 0.3 is 5.97 Å². The molecule has 0 spiro atoms. The molecule has 0 fully saturated rings. The van der Waals surface area contributed by atoms with Crippen LogP contribution in [0.2, 0.25) is 10.0 Å². The van der Waals surface area contributed by atoms with Gasteiger partial charge < -0.3 is 9.47 Å². The molecule has 0 saturated heterocycles. The average Bonchev–Trinajstić information content (AvgIpc) is 2.66. The number of ketones is 1. The van der Waals surface area contributed by atoms with Gasteiger partial charge in [-0.3, -0.25) is 4.79 Å². The molecule has 0 amide bonds. The number of fused-ring (bicyclic) bond motifs is 1. The zero-order valence-corrected chi connectivity index (χ0v) is 15.1. The maximum absolute atomic E-state index is 12.0. The zero-order valence-electron chi connectivity index (χ0n) is 13.6. The fraction of sp³-hybridized carbons (Fsp3) is 0.100. The molecule has 3 aromatic rings. The largest absolute Gasteiger partial charge is 0.482 e. The fourth-order valence-corrected chi connectivity index (χ4v) is 2.64. The van der Waals surface area contributed by atoms with Gasteiger partial charge in [-0.15, -0.1) is 0 Å². The Morgan fingerprint density at radius 3 is 2.35 bits per heavy atom. The van der Waals surface area contributed by atoms with E-state index >= 15 is 0 Å². The van der Waals surface area contributed by atoms with Gasteiger partial charge in [0.15, 0.2) is 19.0 Å². The topological polar surface area (TPSA) is 52.6 Å². The molecule has 0 aliphatic heterocycles. The van der Waals surface area contributed by atoms with E-state index in [1.54, 1.807) is 6.07 Å². The van der Waals surface area contributed by atoms with E-state index in [4.69, 9.17) is 32.7 Å². The van der Waals surface area contributed by atoms with Gasteiger partial charge in [-0.1, -0.05) is 53.5 Å². The highest BCUT2D eigenvalue weighted by Crippen LogP contribution is 2.23. The Balaban J connectivity index is 1.51. The number of benzene rings is 3. The van der Waals surface area contributed by atoms with Crippen molar-refractivity contribution in [2.45, 2.75) is 0 Å². The van der Waals surface area contributed by atoms with Crippen LogP contribution in [0.3, 0.4) is 0 Å². The lowest BCUT2D eigenvalue weighted by Crippen LogP contribution is -2.19. The summed E-state index contributed by atoms with van der Waals surface area (Å²) >= 11 is 11.7. The number of ether oxygens (including phenoxy) is 2. The molecule has 0 bridgehead atoms. The fourth-order valence-electron chi connectivity index (χ4n) is 2.34. The number of esters is 1. The minimum absolute atomic E-state index is 0.267. The lowest BCUT2D eigenvalue weighted by atomic mass is 10.1. The van der Waals surface area contributed by atoms with Crippen LogP contribution in [0.5, 0.6) is 5.75 Å². The molecule has 0 heterocycles. The summed E-state index contributed by atoms with van der Waals surface area (Å²) in [5, 5.41) is 2.70. The first-order valence-corrected chi connectivity index (χ1v) is 8.54. The van der Waals surface area contributed by atoms with Crippen LogP contribution in [-0.2, 0) is 9.53 Å². The average molecular weight is 389 g/mol. The zero-order chi connectivity index (χ0) is 18.5. The van der Waals surface area contributed by atoms with Crippen molar-refractivity contribution in [3.8, 4) is 5.75 Å². The Kier molecular flexibility index (Phi) is 5.76. The number of carbonyl (C=O) groups excluding carboxylic acids is 2. The minimum atomic E-state index is -0.633. The van der Waals surface area contributed by atoms with Gasteiger partial charge in [-0.2, -0.15) is 0 Å². The Morgan fingerprint density at radius 1 is 0.808 bits per heavy atom. The lowest BCUT2D eigenvalue weighted by molar-refractivity contribution is -0.144. The van der Waals surface area contributed by atoms with Crippen LogP contribution in [0, 0.1) is 0 Å². The van der Waals surface area contributed by atoms with E-state index in [0.717, 1.165) is 10.8 Å². The van der Waals surface area contributed by atoms with Gasteiger partial charge in [0.25, 0.3) is 0 Å². The highest BCUT2D eigenvalue weighted by Gasteiger charge is 2.12. The van der Waals surface area contributed by atoms with Crippen molar-refractivity contribution in [1.82, 2.24) is 0 Å². The number of Topliss-reactive ketones (excluding diaryl/α,β-unsaturated/α-hetero) is 1. The Morgan fingerprint density at radius 2 is 1.58 bits per heavy atom. The maximum Gasteiger partial charge on any atom is 0.344 e. The summed E-state index contributed by atoms with van der Waals surface area (Å²) in [4.78, 5) is 23.8. The van der Waals surface area contributed by atoms with E-state index in [9.17, 15) is 9.59 Å². The molecule has 0 unspecified atom stereocenters. The van der Waals surface area contributed by atoms with Crippen LogP contribution < -0.4 is 4.74 Å². The second-order valence-corrected chi connectivity index (χ2v) is 6.32. The standard InChI is InChI=1S/C20H14Cl2O4/c21-17-8-6-15(10-18(17)22)19(23)11-26-20(24)12-25-16-7-5-13-3-1-2-4-14(13)9-16/h1-10H,11-12H2. The number of halogens is 2. The Hall–Kier alpha value is -2.56. The molecule has 0 aliphatic rings. The highest BCUT2D eigenvalue weighted by atomic mass is 35.5. The first kappa shape index (κ1) is 18.2. The molecule has 0 radical (unpaired) electrons. The third-order valence-electron chi connectivity index (χ3n) is 3.68. The van der Waals surface area contributed by atoms with E-state index in [2.05, 4.69) is 0 Å². The molecule has 4 nitrogen and oxygen atoms in total. The quantitative estimate of drug-likeness (QED) is 0.442.